The average Bonchev–Trinajstić information content (AvgIpc) is 2.82. The van der Waals surface area contributed by atoms with Crippen LogP contribution in [0.4, 0.5) is 4.39 Å². The molecule has 2 aromatic rings. The van der Waals surface area contributed by atoms with Crippen LogP contribution in [0.3, 0.4) is 0 Å². The zero-order valence-electron chi connectivity index (χ0n) is 11.9. The van der Waals surface area contributed by atoms with Gasteiger partial charge in [0.15, 0.2) is 0 Å². The number of aryl methyl sites for hydroxylation is 1. The van der Waals surface area contributed by atoms with Crippen molar-refractivity contribution < 1.29 is 9.18 Å². The smallest absolute Gasteiger partial charge is 0.261 e. The fraction of sp³-hybridized carbons (Fsp3) is 0.267. The number of hydrogen-bond acceptors (Lipinski definition) is 3. The molecule has 1 heterocycles. The first-order valence-electron chi connectivity index (χ1n) is 6.41. The fourth-order valence-electron chi connectivity index (χ4n) is 1.90. The molecule has 0 unspecified atom stereocenters. The number of nitrogens with one attached hydrogen (secondary N) is 2. The first kappa shape index (κ1) is 17.6. The number of carbonyl (C=O) groups excluding carboxylic acids is 1. The van der Waals surface area contributed by atoms with Crippen molar-refractivity contribution in [3.63, 3.8) is 0 Å². The second-order valence-electron chi connectivity index (χ2n) is 4.45. The lowest BCUT2D eigenvalue weighted by molar-refractivity contribution is 0.0958. The molecule has 1 aromatic heterocycles. The average molecular weight is 329 g/mol. The third-order valence-electron chi connectivity index (χ3n) is 2.96. The zero-order valence-corrected chi connectivity index (χ0v) is 13.5. The lowest BCUT2D eigenvalue weighted by Gasteiger charge is -2.01. The highest BCUT2D eigenvalue weighted by atomic mass is 35.5. The Labute approximate surface area is 134 Å². The highest BCUT2D eigenvalue weighted by Crippen LogP contribution is 2.31. The Hall–Kier alpha value is -1.43. The van der Waals surface area contributed by atoms with Gasteiger partial charge in [-0.25, -0.2) is 4.39 Å². The Morgan fingerprint density at radius 1 is 1.24 bits per heavy atom. The van der Waals surface area contributed by atoms with Gasteiger partial charge in [0.1, 0.15) is 5.82 Å². The van der Waals surface area contributed by atoms with E-state index in [0.29, 0.717) is 11.4 Å². The topological polar surface area (TPSA) is 41.1 Å². The maximum atomic E-state index is 12.9. The van der Waals surface area contributed by atoms with Gasteiger partial charge < -0.3 is 10.6 Å². The first-order valence-corrected chi connectivity index (χ1v) is 7.22. The van der Waals surface area contributed by atoms with E-state index in [9.17, 15) is 9.18 Å². The van der Waals surface area contributed by atoms with Crippen LogP contribution in [0.1, 0.15) is 14.5 Å². The van der Waals surface area contributed by atoms with Gasteiger partial charge in [-0.15, -0.1) is 23.7 Å². The number of benzene rings is 1. The molecule has 0 radical (unpaired) electrons. The Morgan fingerprint density at radius 2 is 1.90 bits per heavy atom. The van der Waals surface area contributed by atoms with Crippen molar-refractivity contribution in [2.24, 2.45) is 0 Å². The van der Waals surface area contributed by atoms with Gasteiger partial charge in [-0.3, -0.25) is 4.79 Å². The summed E-state index contributed by atoms with van der Waals surface area (Å²) in [4.78, 5) is 13.7. The number of hydrogen-bond donors (Lipinski definition) is 2. The van der Waals surface area contributed by atoms with Gasteiger partial charge in [0.25, 0.3) is 5.91 Å². The number of rotatable bonds is 5. The Bertz CT molecular complexity index is 598. The molecule has 0 fully saturated rings. The van der Waals surface area contributed by atoms with Crippen molar-refractivity contribution >= 4 is 29.7 Å². The van der Waals surface area contributed by atoms with Crippen LogP contribution < -0.4 is 10.6 Å². The second kappa shape index (κ2) is 8.12. The van der Waals surface area contributed by atoms with Crippen LogP contribution in [-0.2, 0) is 0 Å². The van der Waals surface area contributed by atoms with Gasteiger partial charge in [0, 0.05) is 18.0 Å². The quantitative estimate of drug-likeness (QED) is 0.827. The van der Waals surface area contributed by atoms with Crippen molar-refractivity contribution in [2.75, 3.05) is 20.1 Å². The maximum Gasteiger partial charge on any atom is 0.261 e. The molecule has 0 aliphatic carbocycles. The molecule has 0 atom stereocenters. The molecule has 0 aliphatic rings. The molecular weight excluding hydrogens is 311 g/mol. The summed E-state index contributed by atoms with van der Waals surface area (Å²) in [6, 6.07) is 8.18. The van der Waals surface area contributed by atoms with Gasteiger partial charge in [0.2, 0.25) is 0 Å². The molecule has 2 rings (SSSR count). The van der Waals surface area contributed by atoms with Gasteiger partial charge in [-0.2, -0.15) is 0 Å². The van der Waals surface area contributed by atoms with E-state index >= 15 is 0 Å². The molecule has 0 saturated carbocycles. The van der Waals surface area contributed by atoms with Gasteiger partial charge in [-0.1, -0.05) is 12.1 Å². The van der Waals surface area contributed by atoms with E-state index in [-0.39, 0.29) is 24.1 Å². The van der Waals surface area contributed by atoms with Gasteiger partial charge >= 0.3 is 0 Å². The summed E-state index contributed by atoms with van der Waals surface area (Å²) in [6.07, 6.45) is 0. The molecule has 0 spiro atoms. The van der Waals surface area contributed by atoms with E-state index in [2.05, 4.69) is 10.6 Å². The lowest BCUT2D eigenvalue weighted by atomic mass is 10.1. The number of amides is 1. The van der Waals surface area contributed by atoms with Gasteiger partial charge in [0.05, 0.1) is 4.88 Å². The SMILES string of the molecule is CNCCNC(=O)c1cc(-c2ccc(F)cc2)c(C)s1.Cl. The molecule has 21 heavy (non-hydrogen) atoms. The third-order valence-corrected chi connectivity index (χ3v) is 4.01. The summed E-state index contributed by atoms with van der Waals surface area (Å²) in [5, 5.41) is 5.83. The van der Waals surface area contributed by atoms with Crippen molar-refractivity contribution in [2.45, 2.75) is 6.92 Å². The normalized spacial score (nSPS) is 10.0. The van der Waals surface area contributed by atoms with Crippen LogP contribution in [0.2, 0.25) is 0 Å². The minimum absolute atomic E-state index is 0. The summed E-state index contributed by atoms with van der Waals surface area (Å²) in [5.41, 5.74) is 1.91. The summed E-state index contributed by atoms with van der Waals surface area (Å²) in [6.45, 7) is 3.30. The van der Waals surface area contributed by atoms with Crippen molar-refractivity contribution in [1.82, 2.24) is 10.6 Å². The van der Waals surface area contributed by atoms with Crippen LogP contribution in [0.15, 0.2) is 30.3 Å². The molecule has 1 amide bonds. The Kier molecular flexibility index (Phi) is 6.81. The Morgan fingerprint density at radius 3 is 2.52 bits per heavy atom. The predicted molar refractivity (Wildman–Crippen MR) is 88.0 cm³/mol. The van der Waals surface area contributed by atoms with E-state index in [1.54, 1.807) is 12.1 Å². The molecular formula is C15H18ClFN2OS. The highest BCUT2D eigenvalue weighted by molar-refractivity contribution is 7.14. The monoisotopic (exact) mass is 328 g/mol. The lowest BCUT2D eigenvalue weighted by Crippen LogP contribution is -2.29. The van der Waals surface area contributed by atoms with Crippen LogP contribution in [0.5, 0.6) is 0 Å². The molecule has 3 nitrogen and oxygen atoms in total. The van der Waals surface area contributed by atoms with Gasteiger partial charge in [-0.05, 0) is 43.3 Å². The highest BCUT2D eigenvalue weighted by Gasteiger charge is 2.13. The minimum Gasteiger partial charge on any atom is -0.350 e. The fourth-order valence-corrected chi connectivity index (χ4v) is 2.86. The van der Waals surface area contributed by atoms with Crippen molar-refractivity contribution in [3.8, 4) is 11.1 Å². The number of thiophene rings is 1. The number of carbonyl (C=O) groups is 1. The molecule has 2 N–H and O–H groups in total. The molecule has 0 aliphatic heterocycles. The molecule has 114 valence electrons. The third kappa shape index (κ3) is 4.52. The predicted octanol–water partition coefficient (Wildman–Crippen LogP) is 3.23. The van der Waals surface area contributed by atoms with Crippen LogP contribution in [0, 0.1) is 12.7 Å². The zero-order chi connectivity index (χ0) is 14.5. The largest absolute Gasteiger partial charge is 0.350 e. The summed E-state index contributed by atoms with van der Waals surface area (Å²) >= 11 is 1.45. The second-order valence-corrected chi connectivity index (χ2v) is 5.70. The van der Waals surface area contributed by atoms with Crippen molar-refractivity contribution in [3.05, 3.63) is 45.9 Å². The van der Waals surface area contributed by atoms with E-state index in [1.807, 2.05) is 20.0 Å². The summed E-state index contributed by atoms with van der Waals surface area (Å²) in [5.74, 6) is -0.326. The van der Waals surface area contributed by atoms with E-state index < -0.39 is 0 Å². The molecule has 1 aromatic carbocycles. The van der Waals surface area contributed by atoms with Crippen LogP contribution in [0.25, 0.3) is 11.1 Å². The minimum atomic E-state index is -0.258. The molecule has 0 bridgehead atoms. The first-order chi connectivity index (χ1) is 9.61. The Balaban J connectivity index is 0.00000220. The summed E-state index contributed by atoms with van der Waals surface area (Å²) in [7, 11) is 1.84. The van der Waals surface area contributed by atoms with Crippen molar-refractivity contribution in [1.29, 1.82) is 0 Å². The summed E-state index contributed by atoms with van der Waals surface area (Å²) < 4.78 is 12.9. The van der Waals surface area contributed by atoms with Crippen LogP contribution in [-0.4, -0.2) is 26.0 Å². The number of likely N-dealkylation sites (N-methyl/N-ethyl adjacent to an activating group) is 1. The molecule has 0 saturated heterocycles. The molecule has 6 heteroatoms. The van der Waals surface area contributed by atoms with Crippen LogP contribution >= 0.6 is 23.7 Å². The maximum absolute atomic E-state index is 12.9. The van der Waals surface area contributed by atoms with E-state index in [0.717, 1.165) is 22.5 Å². The van der Waals surface area contributed by atoms with E-state index in [4.69, 9.17) is 0 Å². The standard InChI is InChI=1S/C15H17FN2OS.ClH/c1-10-13(11-3-5-12(16)6-4-11)9-14(20-10)15(19)18-8-7-17-2;/h3-6,9,17H,7-8H2,1-2H3,(H,18,19);1H. The van der Waals surface area contributed by atoms with E-state index in [1.165, 1.54) is 23.5 Å². The number of halogens is 2.